The van der Waals surface area contributed by atoms with E-state index in [0.29, 0.717) is 5.86 Å². The van der Waals surface area contributed by atoms with Gasteiger partial charge in [-0.25, -0.2) is 9.13 Å². The van der Waals surface area contributed by atoms with E-state index in [1.54, 1.807) is 6.92 Å². The topological polar surface area (TPSA) is 230 Å². The smallest absolute Gasteiger partial charge is 0.550 e. The van der Waals surface area contributed by atoms with E-state index in [1.807, 2.05) is 73.1 Å². The molecule has 0 aliphatic carbocycles. The van der Waals surface area contributed by atoms with Gasteiger partial charge < -0.3 is 35.4 Å². The fourth-order valence-corrected chi connectivity index (χ4v) is 16.4. The maximum atomic E-state index is 10.9. The molecule has 10 heterocycles. The summed E-state index contributed by atoms with van der Waals surface area (Å²) in [5, 5.41) is 42.5. The van der Waals surface area contributed by atoms with E-state index in [9.17, 15) is 9.59 Å². The predicted molar refractivity (Wildman–Crippen MR) is 562 cm³/mol. The average Bonchev–Trinajstić information content (AvgIpc) is 1.15. The van der Waals surface area contributed by atoms with E-state index in [2.05, 4.69) is 332 Å². The molecule has 7 aliphatic rings. The van der Waals surface area contributed by atoms with Crippen LogP contribution in [-0.4, -0.2) is 119 Å². The normalized spacial score (nSPS) is 17.1. The number of fused-ring (bicyclic) bond motifs is 8. The molecule has 0 saturated heterocycles. The Hall–Kier alpha value is -6.93. The molecule has 0 amide bonds. The van der Waals surface area contributed by atoms with Crippen molar-refractivity contribution in [2.45, 2.75) is 234 Å². The van der Waals surface area contributed by atoms with Gasteiger partial charge in [-0.15, -0.1) is 12.4 Å². The molecule has 0 spiro atoms. The van der Waals surface area contributed by atoms with E-state index in [0.717, 1.165) is 169 Å². The SMILES string of the molecule is CC(=O)[O-].CC(I)(I)I.CC1=Nc2c(ccc[n+]2CCCCCC(=O)O)C1(C)C.CCCCCN1C=CC=c2c1ccc1c2=NC(=CC=C2CN(C)CC(C=CC3=Nc4c(ccc[n+]4CCCCCC(=O)O)C3(C)C)=C2Cl)C1(C)C.CCCCC[n+]1cccc2c3c(ccc21)C(C)(C)C(C)=N3.CCO.CN1CC(C=Nc2ccccc2)=C(Cl)/C(=C/Nc2ccccc2)C1.Cl.[Na+]. The number of carbonyl (C=O) groups is 3. The zero-order valence-electron chi connectivity index (χ0n) is 79.4. The van der Waals surface area contributed by atoms with E-state index < -0.39 is 17.9 Å². The van der Waals surface area contributed by atoms with Gasteiger partial charge in [0, 0.05) is 139 Å². The van der Waals surface area contributed by atoms with Crippen LogP contribution in [0, 0.1) is 0 Å². The van der Waals surface area contributed by atoms with E-state index in [4.69, 9.17) is 68.4 Å². The number of carboxylic acids is 3. The number of pyridine rings is 3. The molecular formula is C104H134Cl3I3N12NaO7+3. The van der Waals surface area contributed by atoms with Gasteiger partial charge in [-0.2, -0.15) is 4.57 Å². The van der Waals surface area contributed by atoms with Crippen molar-refractivity contribution in [2.24, 2.45) is 25.0 Å². The Morgan fingerprint density at radius 1 is 0.585 bits per heavy atom. The second-order valence-electron chi connectivity index (χ2n) is 35.4. The zero-order chi connectivity index (χ0) is 93.7. The minimum atomic E-state index is -1.08. The van der Waals surface area contributed by atoms with E-state index >= 15 is 0 Å². The van der Waals surface area contributed by atoms with Gasteiger partial charge in [0.1, 0.15) is 11.7 Å². The van der Waals surface area contributed by atoms with E-state index in [-0.39, 0.29) is 83.1 Å². The number of unbranched alkanes of at least 4 members (excludes halogenated alkanes) is 8. The van der Waals surface area contributed by atoms with Crippen LogP contribution in [0.15, 0.2) is 246 Å². The number of aromatic nitrogens is 3. The van der Waals surface area contributed by atoms with Crippen LogP contribution < -0.4 is 69.2 Å². The number of nitrogens with zero attached hydrogens (tertiary/aromatic N) is 11. The first-order valence-electron chi connectivity index (χ1n) is 44.8. The summed E-state index contributed by atoms with van der Waals surface area (Å²) < 4.78 is 7.18. The minimum absolute atomic E-state index is 0. The number of aliphatic imine (C=N–C) groups is 4. The Morgan fingerprint density at radius 2 is 1.08 bits per heavy atom. The van der Waals surface area contributed by atoms with Gasteiger partial charge in [-0.3, -0.25) is 34.4 Å². The number of benzene rings is 4. The molecule has 14 rings (SSSR count). The second-order valence-corrected chi connectivity index (χ2v) is 48.8. The van der Waals surface area contributed by atoms with Crippen molar-refractivity contribution in [3.8, 4) is 0 Å². The second kappa shape index (κ2) is 53.4. The summed E-state index contributed by atoms with van der Waals surface area (Å²) >= 11 is 20.8. The molecule has 692 valence electrons. The van der Waals surface area contributed by atoms with Crippen LogP contribution >= 0.6 is 103 Å². The fraction of sp³-hybridized carbons (Fsp3) is 0.433. The number of hydrogen-bond donors (Lipinski definition) is 4. The minimum Gasteiger partial charge on any atom is -0.550 e. The van der Waals surface area contributed by atoms with Gasteiger partial charge >= 0.3 is 53.1 Å². The number of hydrogen-bond acceptors (Lipinski definition) is 14. The van der Waals surface area contributed by atoms with Crippen LogP contribution in [0.1, 0.15) is 216 Å². The Bertz CT molecular complexity index is 5530. The number of para-hydroxylation sites is 2. The third kappa shape index (κ3) is 32.1. The Kier molecular flexibility index (Phi) is 45.9. The molecule has 0 saturated carbocycles. The summed E-state index contributed by atoms with van der Waals surface area (Å²) in [5.41, 5.74) is 19.0. The summed E-state index contributed by atoms with van der Waals surface area (Å²) in [6.07, 6.45) is 38.4. The third-order valence-electron chi connectivity index (χ3n) is 23.6. The van der Waals surface area contributed by atoms with Crippen molar-refractivity contribution >= 4 is 196 Å². The van der Waals surface area contributed by atoms with Crippen molar-refractivity contribution in [1.82, 2.24) is 9.80 Å². The molecule has 130 heavy (non-hydrogen) atoms. The quantitative estimate of drug-likeness (QED) is 0.00945. The summed E-state index contributed by atoms with van der Waals surface area (Å²) in [5.74, 6) is -0.478. The van der Waals surface area contributed by atoms with Gasteiger partial charge in [-0.05, 0) is 251 Å². The number of carboxylic acid groups (broad SMARTS) is 3. The number of anilines is 2. The van der Waals surface area contributed by atoms with Gasteiger partial charge in [0.15, 0.2) is 11.9 Å². The molecule has 0 bridgehead atoms. The number of rotatable bonds is 27. The maximum Gasteiger partial charge on any atom is 1.00 e. The molecule has 4 N–H and O–H groups in total. The number of carbonyl (C=O) groups excluding carboxylic acids is 1. The molecule has 7 aliphatic heterocycles. The summed E-state index contributed by atoms with van der Waals surface area (Å²) in [4.78, 5) is 61.6. The monoisotopic (exact) mass is 2170 g/mol. The molecule has 0 atom stereocenters. The maximum absolute atomic E-state index is 10.9. The van der Waals surface area contributed by atoms with Crippen LogP contribution in [0.25, 0.3) is 17.0 Å². The zero-order valence-corrected chi connectivity index (χ0v) is 90.2. The van der Waals surface area contributed by atoms with Gasteiger partial charge in [0.25, 0.3) is 0 Å². The van der Waals surface area contributed by atoms with Crippen molar-refractivity contribution in [1.29, 1.82) is 0 Å². The Labute approximate surface area is 852 Å². The number of aliphatic hydroxyl groups is 1. The molecule has 19 nitrogen and oxygen atoms in total. The first-order chi connectivity index (χ1) is 60.8. The largest absolute Gasteiger partial charge is 1.00 e. The molecule has 26 heteroatoms. The van der Waals surface area contributed by atoms with Crippen LogP contribution in [0.2, 0.25) is 0 Å². The van der Waals surface area contributed by atoms with Crippen LogP contribution in [0.3, 0.4) is 0 Å². The Morgan fingerprint density at radius 3 is 1.68 bits per heavy atom. The summed E-state index contributed by atoms with van der Waals surface area (Å²) in [6.45, 7) is 38.6. The number of aliphatic hydroxyl groups excluding tert-OH is 1. The summed E-state index contributed by atoms with van der Waals surface area (Å²) in [6, 6.07) is 41.9. The predicted octanol–water partition coefficient (Wildman–Crippen LogP) is 19.4. The van der Waals surface area contributed by atoms with Gasteiger partial charge in [0.05, 0.1) is 86.0 Å². The number of likely N-dealkylation sites (N-methyl/N-ethyl adjacent to an activating group) is 2. The summed E-state index contributed by atoms with van der Waals surface area (Å²) in [7, 11) is 4.21. The average molecular weight is 2170 g/mol. The van der Waals surface area contributed by atoms with Crippen molar-refractivity contribution in [3.63, 3.8) is 0 Å². The van der Waals surface area contributed by atoms with Crippen LogP contribution in [0.4, 0.5) is 34.4 Å². The molecule has 0 unspecified atom stereocenters. The molecular weight excluding hydrogens is 2040 g/mol. The Balaban J connectivity index is 0.000000275. The van der Waals surface area contributed by atoms with E-state index in [1.165, 1.54) is 94.0 Å². The van der Waals surface area contributed by atoms with Gasteiger partial charge in [-0.1, -0.05) is 206 Å². The molecule has 0 radical (unpaired) electrons. The molecule has 0 fully saturated rings. The number of allylic oxidation sites excluding steroid dienone is 5. The van der Waals surface area contributed by atoms with Crippen molar-refractivity contribution in [3.05, 3.63) is 254 Å². The van der Waals surface area contributed by atoms with Crippen LogP contribution in [-0.2, 0) is 55.7 Å². The van der Waals surface area contributed by atoms with Crippen molar-refractivity contribution in [2.75, 3.05) is 63.6 Å². The third-order valence-corrected chi connectivity index (χ3v) is 24.6. The molecule has 7 aromatic rings. The first kappa shape index (κ1) is 112. The number of halogens is 6. The molecule has 4 aromatic carbocycles. The number of alkyl halides is 3. The number of aliphatic carboxylic acids is 3. The van der Waals surface area contributed by atoms with Gasteiger partial charge in [0.2, 0.25) is 5.52 Å². The van der Waals surface area contributed by atoms with Crippen LogP contribution in [0.5, 0.6) is 0 Å². The first-order valence-corrected chi connectivity index (χ1v) is 48.8. The van der Waals surface area contributed by atoms with Crippen molar-refractivity contribution < 1.29 is 78.1 Å². The standard InChI is InChI=1S/C43H52ClN5O2.C20H20ClN3.C19H25N2.C16H22N2O2.C2H3I3.C2H4O2.C2H6O.ClH.Na/c1-7-8-11-24-48-26-13-15-32-35(48)21-20-33-40(32)45-36(42(33,2)3)22-18-30-28-47(6)29-31(39(30)44)19-23-37-43(4,5)34-16-14-27-49(41(34)46-37)25-12-9-10-17-38(50)51;1-24-14-16(12-22-18-8-4-2-5-9-18)20(21)17(15-24)13-23-19-10-6-3-7-11-19;1-5-6-7-12-21-13-8-9-15-17(21)11-10-16-18(15)20-14(2)19(16,3)4;1-12-16(2,3)13-8-7-11-18(15(13)17-12)10-6-4-5-9-14(19)20;1-2(3,4)5;1-2(3)4;1-2-3;;/h13-16,18-23,26-27H,7-12,17,24-25,28-29H2,1-6H3;2-13,22H,14-15H2,1H3;8-11,13H,5-7,12H2,1-4H3;7-8,11H,4-6,9-10H2,1-3H3;1H3;1H3,(H,3,4);3H,2H2,1H3;1H;/q;;+1;;;;;;+1/p+1/b;16-12+,23-13?;;;;;;;. The number of nitrogens with one attached hydrogen (secondary N) is 1. The number of aryl methyl sites for hydroxylation is 3. The molecule has 3 aromatic heterocycles. The fourth-order valence-electron chi connectivity index (χ4n) is 15.9.